The smallest absolute Gasteiger partial charge is 0.220 e. The first-order chi connectivity index (χ1) is 28.2. The number of amides is 1. The summed E-state index contributed by atoms with van der Waals surface area (Å²) < 4.78 is 0. The third-order valence-corrected chi connectivity index (χ3v) is 12.2. The summed E-state index contributed by atoms with van der Waals surface area (Å²) >= 11 is 0. The van der Waals surface area contributed by atoms with Gasteiger partial charge >= 0.3 is 0 Å². The summed E-state index contributed by atoms with van der Waals surface area (Å²) in [6.07, 6.45) is 64.8. The number of aliphatic hydroxyl groups is 2. The van der Waals surface area contributed by atoms with Gasteiger partial charge in [0.25, 0.3) is 0 Å². The maximum atomic E-state index is 12.4. The summed E-state index contributed by atoms with van der Waals surface area (Å²) in [5, 5.41) is 23.0. The standard InChI is InChI=1S/C53H103NO3/c1-3-5-7-9-11-13-15-17-18-19-20-21-22-23-24-25-26-27-28-29-30-31-32-33-34-35-37-39-41-43-45-47-49-53(57)54-51(50-55)52(56)48-46-44-42-40-38-36-16-14-12-10-8-6-4-2/h38,40,46,48,51-52,55-56H,3-37,39,41-45,47,49-50H2,1-2H3,(H,54,57)/b40-38+,48-46+. The van der Waals surface area contributed by atoms with E-state index in [-0.39, 0.29) is 12.5 Å². The zero-order valence-electron chi connectivity index (χ0n) is 38.9. The van der Waals surface area contributed by atoms with Crippen LogP contribution in [0.2, 0.25) is 0 Å². The summed E-state index contributed by atoms with van der Waals surface area (Å²) in [5.74, 6) is -0.0691. The average Bonchev–Trinajstić information content (AvgIpc) is 3.22. The van der Waals surface area contributed by atoms with Crippen LogP contribution in [0.15, 0.2) is 24.3 Å². The predicted octanol–water partition coefficient (Wildman–Crippen LogP) is 16.8. The third kappa shape index (κ3) is 45.8. The number of nitrogens with one attached hydrogen (secondary N) is 1. The Bertz CT molecular complexity index is 825. The van der Waals surface area contributed by atoms with Gasteiger partial charge in [0.15, 0.2) is 0 Å². The molecule has 4 nitrogen and oxygen atoms in total. The quantitative estimate of drug-likeness (QED) is 0.0424. The van der Waals surface area contributed by atoms with Crippen LogP contribution in [0.1, 0.15) is 290 Å². The van der Waals surface area contributed by atoms with Crippen molar-refractivity contribution in [3.8, 4) is 0 Å². The Hall–Kier alpha value is -1.13. The summed E-state index contributed by atoms with van der Waals surface area (Å²) in [4.78, 5) is 12.4. The van der Waals surface area contributed by atoms with Crippen LogP contribution in [-0.2, 0) is 4.79 Å². The molecule has 0 saturated carbocycles. The van der Waals surface area contributed by atoms with Crippen LogP contribution < -0.4 is 5.32 Å². The van der Waals surface area contributed by atoms with Crippen molar-refractivity contribution in [1.29, 1.82) is 0 Å². The molecule has 2 unspecified atom stereocenters. The van der Waals surface area contributed by atoms with Crippen molar-refractivity contribution < 1.29 is 15.0 Å². The molecule has 0 radical (unpaired) electrons. The lowest BCUT2D eigenvalue weighted by Crippen LogP contribution is -2.45. The fourth-order valence-electron chi connectivity index (χ4n) is 8.20. The molecule has 0 aliphatic rings. The van der Waals surface area contributed by atoms with Crippen LogP contribution >= 0.6 is 0 Å². The SMILES string of the molecule is CCCCCCCCC/C=C/CC/C=C/C(O)C(CO)NC(=O)CCCCCCCCCCCCCCCCCCCCCCCCCCCCCCCCCC. The van der Waals surface area contributed by atoms with Crippen molar-refractivity contribution >= 4 is 5.91 Å². The van der Waals surface area contributed by atoms with Crippen LogP contribution in [-0.4, -0.2) is 34.9 Å². The van der Waals surface area contributed by atoms with E-state index in [1.54, 1.807) is 6.08 Å². The predicted molar refractivity (Wildman–Crippen MR) is 253 cm³/mol. The van der Waals surface area contributed by atoms with Crippen LogP contribution in [0, 0.1) is 0 Å². The van der Waals surface area contributed by atoms with Gasteiger partial charge in [-0.15, -0.1) is 0 Å². The average molecular weight is 802 g/mol. The Labute approximate surface area is 358 Å². The van der Waals surface area contributed by atoms with Gasteiger partial charge in [-0.05, 0) is 32.1 Å². The minimum Gasteiger partial charge on any atom is -0.394 e. The molecule has 0 aliphatic carbocycles. The summed E-state index contributed by atoms with van der Waals surface area (Å²) in [7, 11) is 0. The molecule has 0 aromatic carbocycles. The van der Waals surface area contributed by atoms with E-state index in [1.807, 2.05) is 6.08 Å². The lowest BCUT2D eigenvalue weighted by Gasteiger charge is -2.19. The molecule has 0 fully saturated rings. The molecular weight excluding hydrogens is 699 g/mol. The molecule has 0 bridgehead atoms. The first kappa shape index (κ1) is 55.9. The van der Waals surface area contributed by atoms with Gasteiger partial charge < -0.3 is 15.5 Å². The van der Waals surface area contributed by atoms with Crippen molar-refractivity contribution in [3.63, 3.8) is 0 Å². The minimum absolute atomic E-state index is 0.0691. The van der Waals surface area contributed by atoms with E-state index in [0.29, 0.717) is 6.42 Å². The maximum Gasteiger partial charge on any atom is 0.220 e. The normalized spacial score (nSPS) is 13.0. The number of carbonyl (C=O) groups excluding carboxylic acids is 1. The van der Waals surface area contributed by atoms with Crippen molar-refractivity contribution in [3.05, 3.63) is 24.3 Å². The number of carbonyl (C=O) groups is 1. The van der Waals surface area contributed by atoms with Gasteiger partial charge in [0.1, 0.15) is 0 Å². The van der Waals surface area contributed by atoms with Crippen LogP contribution in [0.5, 0.6) is 0 Å². The number of hydrogen-bond donors (Lipinski definition) is 3. The summed E-state index contributed by atoms with van der Waals surface area (Å²) in [5.41, 5.74) is 0. The first-order valence-electron chi connectivity index (χ1n) is 26.1. The highest BCUT2D eigenvalue weighted by atomic mass is 16.3. The van der Waals surface area contributed by atoms with Crippen molar-refractivity contribution in [2.24, 2.45) is 0 Å². The Balaban J connectivity index is 3.41. The molecule has 57 heavy (non-hydrogen) atoms. The van der Waals surface area contributed by atoms with E-state index in [0.717, 1.165) is 32.1 Å². The van der Waals surface area contributed by atoms with Crippen molar-refractivity contribution in [2.45, 2.75) is 302 Å². The molecule has 0 aromatic heterocycles. The lowest BCUT2D eigenvalue weighted by atomic mass is 10.0. The van der Waals surface area contributed by atoms with E-state index >= 15 is 0 Å². The molecule has 338 valence electrons. The fourth-order valence-corrected chi connectivity index (χ4v) is 8.20. The minimum atomic E-state index is -0.858. The molecule has 0 saturated heterocycles. The van der Waals surface area contributed by atoms with Gasteiger partial charge in [0, 0.05) is 6.42 Å². The van der Waals surface area contributed by atoms with Crippen LogP contribution in [0.4, 0.5) is 0 Å². The molecule has 0 spiro atoms. The largest absolute Gasteiger partial charge is 0.394 e. The van der Waals surface area contributed by atoms with E-state index in [2.05, 4.69) is 31.3 Å². The Morgan fingerprint density at radius 1 is 0.404 bits per heavy atom. The van der Waals surface area contributed by atoms with Crippen LogP contribution in [0.25, 0.3) is 0 Å². The molecule has 0 rings (SSSR count). The van der Waals surface area contributed by atoms with Gasteiger partial charge in [-0.2, -0.15) is 0 Å². The molecule has 0 aromatic rings. The van der Waals surface area contributed by atoms with Gasteiger partial charge in [0.05, 0.1) is 18.8 Å². The zero-order chi connectivity index (χ0) is 41.4. The van der Waals surface area contributed by atoms with E-state index in [1.165, 1.54) is 238 Å². The Kier molecular flexibility index (Phi) is 48.3. The lowest BCUT2D eigenvalue weighted by molar-refractivity contribution is -0.123. The molecule has 3 N–H and O–H groups in total. The van der Waals surface area contributed by atoms with E-state index < -0.39 is 12.1 Å². The molecule has 4 heteroatoms. The molecular formula is C53H103NO3. The van der Waals surface area contributed by atoms with Crippen molar-refractivity contribution in [1.82, 2.24) is 5.32 Å². The highest BCUT2D eigenvalue weighted by molar-refractivity contribution is 5.76. The van der Waals surface area contributed by atoms with Gasteiger partial charge in [-0.3, -0.25) is 4.79 Å². The Morgan fingerprint density at radius 2 is 0.684 bits per heavy atom. The number of rotatable bonds is 48. The second-order valence-electron chi connectivity index (χ2n) is 17.9. The highest BCUT2D eigenvalue weighted by Crippen LogP contribution is 2.17. The monoisotopic (exact) mass is 802 g/mol. The molecule has 1 amide bonds. The van der Waals surface area contributed by atoms with Crippen LogP contribution in [0.3, 0.4) is 0 Å². The highest BCUT2D eigenvalue weighted by Gasteiger charge is 2.17. The maximum absolute atomic E-state index is 12.4. The molecule has 0 heterocycles. The number of unbranched alkanes of at least 4 members (excludes halogenated alkanes) is 39. The molecule has 0 aliphatic heterocycles. The fraction of sp³-hybridized carbons (Fsp3) is 0.906. The van der Waals surface area contributed by atoms with E-state index in [9.17, 15) is 15.0 Å². The topological polar surface area (TPSA) is 69.6 Å². The third-order valence-electron chi connectivity index (χ3n) is 12.2. The number of hydrogen-bond acceptors (Lipinski definition) is 3. The first-order valence-corrected chi connectivity index (χ1v) is 26.1. The van der Waals surface area contributed by atoms with Crippen molar-refractivity contribution in [2.75, 3.05) is 6.61 Å². The second-order valence-corrected chi connectivity index (χ2v) is 17.9. The number of aliphatic hydroxyl groups excluding tert-OH is 2. The van der Waals surface area contributed by atoms with Gasteiger partial charge in [0.2, 0.25) is 5.91 Å². The molecule has 2 atom stereocenters. The summed E-state index contributed by atoms with van der Waals surface area (Å²) in [6.45, 7) is 4.31. The van der Waals surface area contributed by atoms with E-state index in [4.69, 9.17) is 0 Å². The Morgan fingerprint density at radius 3 is 1.02 bits per heavy atom. The van der Waals surface area contributed by atoms with Gasteiger partial charge in [-0.25, -0.2) is 0 Å². The summed E-state index contributed by atoms with van der Waals surface area (Å²) in [6, 6.07) is -0.634. The van der Waals surface area contributed by atoms with Gasteiger partial charge in [-0.1, -0.05) is 276 Å². The number of allylic oxidation sites excluding steroid dienone is 3. The second kappa shape index (κ2) is 49.2. The zero-order valence-corrected chi connectivity index (χ0v) is 38.9.